The van der Waals surface area contributed by atoms with Crippen LogP contribution in [0.25, 0.3) is 0 Å². The minimum atomic E-state index is -4.27. The highest BCUT2D eigenvalue weighted by atomic mass is 19.4. The van der Waals surface area contributed by atoms with E-state index in [1.807, 2.05) is 13.8 Å². The molecule has 0 fully saturated rings. The Bertz CT molecular complexity index is 446. The third kappa shape index (κ3) is 5.06. The van der Waals surface area contributed by atoms with Crippen molar-refractivity contribution in [3.8, 4) is 0 Å². The van der Waals surface area contributed by atoms with Gasteiger partial charge in [-0.2, -0.15) is 13.2 Å². The van der Waals surface area contributed by atoms with Crippen molar-refractivity contribution < 1.29 is 13.2 Å². The first-order valence-electron chi connectivity index (χ1n) is 7.21. The van der Waals surface area contributed by atoms with E-state index in [2.05, 4.69) is 15.3 Å². The zero-order chi connectivity index (χ0) is 16.0. The average molecular weight is 304 g/mol. The van der Waals surface area contributed by atoms with E-state index < -0.39 is 12.7 Å². The van der Waals surface area contributed by atoms with Crippen molar-refractivity contribution in [2.24, 2.45) is 0 Å². The molecule has 0 bridgehead atoms. The van der Waals surface area contributed by atoms with Crippen LogP contribution in [0.5, 0.6) is 0 Å². The molecule has 0 unspecified atom stereocenters. The van der Waals surface area contributed by atoms with Crippen LogP contribution in [0.1, 0.15) is 39.7 Å². The Morgan fingerprint density at radius 1 is 1.24 bits per heavy atom. The smallest absolute Gasteiger partial charge is 0.370 e. The molecule has 0 aromatic carbocycles. The Morgan fingerprint density at radius 2 is 1.90 bits per heavy atom. The molecule has 120 valence electrons. The summed E-state index contributed by atoms with van der Waals surface area (Å²) in [6.45, 7) is 7.08. The lowest BCUT2D eigenvalue weighted by Gasteiger charge is -2.30. The molecule has 0 saturated heterocycles. The Kier molecular flexibility index (Phi) is 6.23. The average Bonchev–Trinajstić information content (AvgIpc) is 2.40. The zero-order valence-electron chi connectivity index (χ0n) is 13.0. The number of nitrogens with one attached hydrogen (secondary N) is 1. The molecule has 0 aliphatic rings. The molecule has 7 heteroatoms. The molecule has 21 heavy (non-hydrogen) atoms. The standard InChI is InChI=1S/C14H23F3N4/c1-5-7-18-12-11(6-2)13(20-9-19-12)21(10(3)4)8-14(15,16)17/h9-10H,5-8H2,1-4H3,(H,18,19,20). The summed E-state index contributed by atoms with van der Waals surface area (Å²) in [5.74, 6) is 0.982. The number of hydrogen-bond donors (Lipinski definition) is 1. The monoisotopic (exact) mass is 304 g/mol. The van der Waals surface area contributed by atoms with Gasteiger partial charge in [0.1, 0.15) is 24.5 Å². The number of rotatable bonds is 7. The predicted octanol–water partition coefficient (Wildman–Crippen LogP) is 3.64. The number of hydrogen-bond acceptors (Lipinski definition) is 4. The molecule has 0 atom stereocenters. The summed E-state index contributed by atoms with van der Waals surface area (Å²) in [7, 11) is 0. The SMILES string of the molecule is CCCNc1ncnc(N(CC(F)(F)F)C(C)C)c1CC. The number of nitrogens with zero attached hydrogens (tertiary/aromatic N) is 3. The molecule has 0 aliphatic heterocycles. The van der Waals surface area contributed by atoms with Crippen LogP contribution in [-0.4, -0.2) is 35.3 Å². The van der Waals surface area contributed by atoms with Gasteiger partial charge in [0.15, 0.2) is 0 Å². The van der Waals surface area contributed by atoms with Gasteiger partial charge in [0.25, 0.3) is 0 Å². The van der Waals surface area contributed by atoms with E-state index in [0.29, 0.717) is 18.1 Å². The van der Waals surface area contributed by atoms with Gasteiger partial charge >= 0.3 is 6.18 Å². The van der Waals surface area contributed by atoms with E-state index in [1.165, 1.54) is 11.2 Å². The van der Waals surface area contributed by atoms with Crippen molar-refractivity contribution in [2.75, 3.05) is 23.3 Å². The van der Waals surface area contributed by atoms with Crippen molar-refractivity contribution in [2.45, 2.75) is 52.8 Å². The first-order chi connectivity index (χ1) is 9.80. The summed E-state index contributed by atoms with van der Waals surface area (Å²) in [4.78, 5) is 9.53. The van der Waals surface area contributed by atoms with Crippen molar-refractivity contribution in [3.05, 3.63) is 11.9 Å². The second-order valence-electron chi connectivity index (χ2n) is 5.14. The van der Waals surface area contributed by atoms with Crippen LogP contribution in [0.15, 0.2) is 6.33 Å². The van der Waals surface area contributed by atoms with Crippen molar-refractivity contribution in [1.29, 1.82) is 0 Å². The lowest BCUT2D eigenvalue weighted by atomic mass is 10.1. The third-order valence-electron chi connectivity index (χ3n) is 3.06. The lowest BCUT2D eigenvalue weighted by Crippen LogP contribution is -2.40. The molecule has 1 heterocycles. The van der Waals surface area contributed by atoms with Crippen molar-refractivity contribution in [3.63, 3.8) is 0 Å². The molecule has 0 spiro atoms. The summed E-state index contributed by atoms with van der Waals surface area (Å²) in [5, 5.41) is 3.15. The molecular weight excluding hydrogens is 281 g/mol. The maximum atomic E-state index is 12.8. The summed E-state index contributed by atoms with van der Waals surface area (Å²) in [6.07, 6.45) is -1.46. The molecule has 0 aliphatic carbocycles. The molecule has 0 radical (unpaired) electrons. The molecule has 4 nitrogen and oxygen atoms in total. The number of halogens is 3. The summed E-state index contributed by atoms with van der Waals surface area (Å²) in [5.41, 5.74) is 0.726. The van der Waals surface area contributed by atoms with Gasteiger partial charge in [-0.3, -0.25) is 0 Å². The number of aromatic nitrogens is 2. The van der Waals surface area contributed by atoms with E-state index in [-0.39, 0.29) is 6.04 Å². The van der Waals surface area contributed by atoms with Crippen LogP contribution in [0.3, 0.4) is 0 Å². The Balaban J connectivity index is 3.18. The van der Waals surface area contributed by atoms with Crippen LogP contribution < -0.4 is 10.2 Å². The highest BCUT2D eigenvalue weighted by molar-refractivity contribution is 5.59. The van der Waals surface area contributed by atoms with E-state index in [1.54, 1.807) is 13.8 Å². The molecule has 0 amide bonds. The maximum Gasteiger partial charge on any atom is 0.405 e. The maximum absolute atomic E-state index is 12.8. The van der Waals surface area contributed by atoms with Gasteiger partial charge in [-0.05, 0) is 26.7 Å². The molecule has 1 N–H and O–H groups in total. The van der Waals surface area contributed by atoms with E-state index >= 15 is 0 Å². The molecule has 1 aromatic rings. The summed E-state index contributed by atoms with van der Waals surface area (Å²) >= 11 is 0. The largest absolute Gasteiger partial charge is 0.405 e. The molecule has 1 aromatic heterocycles. The highest BCUT2D eigenvalue weighted by Crippen LogP contribution is 2.28. The summed E-state index contributed by atoms with van der Waals surface area (Å²) < 4.78 is 38.4. The van der Waals surface area contributed by atoms with Crippen molar-refractivity contribution >= 4 is 11.6 Å². The van der Waals surface area contributed by atoms with E-state index in [4.69, 9.17) is 0 Å². The fourth-order valence-corrected chi connectivity index (χ4v) is 2.07. The minimum Gasteiger partial charge on any atom is -0.370 e. The normalized spacial score (nSPS) is 11.8. The predicted molar refractivity (Wildman–Crippen MR) is 78.7 cm³/mol. The number of alkyl halides is 3. The quantitative estimate of drug-likeness (QED) is 0.835. The van der Waals surface area contributed by atoms with Gasteiger partial charge < -0.3 is 10.2 Å². The van der Waals surface area contributed by atoms with E-state index in [9.17, 15) is 13.2 Å². The Morgan fingerprint density at radius 3 is 2.38 bits per heavy atom. The molecular formula is C14H23F3N4. The first kappa shape index (κ1) is 17.5. The van der Waals surface area contributed by atoms with Gasteiger partial charge in [0.2, 0.25) is 0 Å². The lowest BCUT2D eigenvalue weighted by molar-refractivity contribution is -0.120. The molecule has 1 rings (SSSR count). The molecule has 0 saturated carbocycles. The van der Waals surface area contributed by atoms with Crippen LogP contribution in [0.4, 0.5) is 24.8 Å². The van der Waals surface area contributed by atoms with Crippen molar-refractivity contribution in [1.82, 2.24) is 9.97 Å². The Hall–Kier alpha value is -1.53. The van der Waals surface area contributed by atoms with Crippen LogP contribution in [0, 0.1) is 0 Å². The Labute approximate surface area is 123 Å². The van der Waals surface area contributed by atoms with Gasteiger partial charge in [0.05, 0.1) is 0 Å². The first-order valence-corrected chi connectivity index (χ1v) is 7.21. The fourth-order valence-electron chi connectivity index (χ4n) is 2.07. The topological polar surface area (TPSA) is 41.1 Å². The second kappa shape index (κ2) is 7.47. The van der Waals surface area contributed by atoms with Gasteiger partial charge in [-0.15, -0.1) is 0 Å². The van der Waals surface area contributed by atoms with Crippen LogP contribution in [0.2, 0.25) is 0 Å². The van der Waals surface area contributed by atoms with Gasteiger partial charge in [-0.25, -0.2) is 9.97 Å². The second-order valence-corrected chi connectivity index (χ2v) is 5.14. The van der Waals surface area contributed by atoms with Crippen LogP contribution in [-0.2, 0) is 6.42 Å². The van der Waals surface area contributed by atoms with Gasteiger partial charge in [-0.1, -0.05) is 13.8 Å². The fraction of sp³-hybridized carbons (Fsp3) is 0.714. The highest BCUT2D eigenvalue weighted by Gasteiger charge is 2.33. The minimum absolute atomic E-state index is 0.300. The third-order valence-corrected chi connectivity index (χ3v) is 3.06. The van der Waals surface area contributed by atoms with Crippen LogP contribution >= 0.6 is 0 Å². The van der Waals surface area contributed by atoms with Gasteiger partial charge in [0, 0.05) is 18.2 Å². The zero-order valence-corrected chi connectivity index (χ0v) is 13.0. The van der Waals surface area contributed by atoms with E-state index in [0.717, 1.165) is 18.5 Å². The summed E-state index contributed by atoms with van der Waals surface area (Å²) in [6, 6.07) is -0.300. The number of anilines is 2.